The molecule has 0 saturated heterocycles. The van der Waals surface area contributed by atoms with E-state index in [1.807, 2.05) is 74.1 Å². The maximum Gasteiger partial charge on any atom is 0.268 e. The number of carbonyl (C=O) groups excluding carboxylic acids is 1. The van der Waals surface area contributed by atoms with Crippen LogP contribution in [0.4, 0.5) is 0 Å². The molecule has 5 aromatic heterocycles. The standard InChI is InChI=1S/C29H23N7O2S/c1-18-24(23-11-7-8-14-35(23)33-18)27(37)31-19(2)26-32-28-25(29(38)36(26)22-9-5-4-6-10-22)21(17-39-28)13-12-20-15-30-34(3)16-20/h4-11,14-17,19H,1-3H3,(H,31,37)/t19-/m0/s1. The largest absolute Gasteiger partial charge is 0.342 e. The van der Waals surface area contributed by atoms with Gasteiger partial charge in [-0.25, -0.2) is 9.50 Å². The van der Waals surface area contributed by atoms with E-state index < -0.39 is 6.04 Å². The number of thiophene rings is 1. The predicted molar refractivity (Wildman–Crippen MR) is 150 cm³/mol. The van der Waals surface area contributed by atoms with Gasteiger partial charge in [-0.15, -0.1) is 11.3 Å². The molecule has 0 bridgehead atoms. The van der Waals surface area contributed by atoms with E-state index in [1.165, 1.54) is 11.3 Å². The van der Waals surface area contributed by atoms with E-state index in [9.17, 15) is 9.59 Å². The number of para-hydroxylation sites is 1. The first kappa shape index (κ1) is 24.3. The second-order valence-electron chi connectivity index (χ2n) is 9.11. The van der Waals surface area contributed by atoms with Gasteiger partial charge in [-0.3, -0.25) is 18.8 Å². The van der Waals surface area contributed by atoms with Crippen molar-refractivity contribution in [3.63, 3.8) is 0 Å². The summed E-state index contributed by atoms with van der Waals surface area (Å²) in [7, 11) is 1.83. The molecule has 0 fully saturated rings. The molecule has 0 radical (unpaired) electrons. The lowest BCUT2D eigenvalue weighted by molar-refractivity contribution is 0.0939. The number of hydrogen-bond acceptors (Lipinski definition) is 6. The van der Waals surface area contributed by atoms with Crippen molar-refractivity contribution in [1.82, 2.24) is 34.3 Å². The summed E-state index contributed by atoms with van der Waals surface area (Å²) in [6, 6.07) is 14.3. The van der Waals surface area contributed by atoms with Crippen molar-refractivity contribution in [2.45, 2.75) is 19.9 Å². The molecule has 0 aliphatic carbocycles. The van der Waals surface area contributed by atoms with Crippen LogP contribution in [0.25, 0.3) is 21.4 Å². The number of aryl methyl sites for hydroxylation is 2. The summed E-state index contributed by atoms with van der Waals surface area (Å²) in [6.07, 6.45) is 5.29. The minimum atomic E-state index is -0.583. The van der Waals surface area contributed by atoms with E-state index in [0.717, 1.165) is 5.56 Å². The zero-order valence-corrected chi connectivity index (χ0v) is 22.2. The molecule has 6 aromatic rings. The molecule has 9 nitrogen and oxygen atoms in total. The first-order valence-corrected chi connectivity index (χ1v) is 13.1. The highest BCUT2D eigenvalue weighted by molar-refractivity contribution is 7.17. The third-order valence-corrected chi connectivity index (χ3v) is 7.24. The number of hydrogen-bond donors (Lipinski definition) is 1. The third kappa shape index (κ3) is 4.39. The van der Waals surface area contributed by atoms with Crippen LogP contribution >= 0.6 is 11.3 Å². The quantitative estimate of drug-likeness (QED) is 0.345. The van der Waals surface area contributed by atoms with E-state index in [1.54, 1.807) is 33.1 Å². The number of benzene rings is 1. The zero-order valence-electron chi connectivity index (χ0n) is 21.4. The van der Waals surface area contributed by atoms with Crippen LogP contribution in [0.15, 0.2) is 77.3 Å². The van der Waals surface area contributed by atoms with Gasteiger partial charge in [0, 0.05) is 24.8 Å². The summed E-state index contributed by atoms with van der Waals surface area (Å²) in [5, 5.41) is 13.9. The highest BCUT2D eigenvalue weighted by atomic mass is 32.1. The smallest absolute Gasteiger partial charge is 0.268 e. The molecule has 1 N–H and O–H groups in total. The van der Waals surface area contributed by atoms with Crippen LogP contribution in [-0.4, -0.2) is 34.9 Å². The van der Waals surface area contributed by atoms with Crippen molar-refractivity contribution in [3.8, 4) is 17.5 Å². The van der Waals surface area contributed by atoms with Crippen LogP contribution in [0.3, 0.4) is 0 Å². The molecule has 6 rings (SSSR count). The molecule has 1 atom stereocenters. The predicted octanol–water partition coefficient (Wildman–Crippen LogP) is 4.03. The van der Waals surface area contributed by atoms with Crippen LogP contribution in [0, 0.1) is 18.8 Å². The molecule has 0 aliphatic heterocycles. The SMILES string of the molecule is Cc1nn2ccccc2c1C(=O)N[C@@H](C)c1nc2scc(C#Cc3cnn(C)c3)c2c(=O)n1-c1ccccc1. The van der Waals surface area contributed by atoms with Gasteiger partial charge < -0.3 is 5.32 Å². The molecular formula is C29H23N7O2S. The highest BCUT2D eigenvalue weighted by Crippen LogP contribution is 2.25. The maximum absolute atomic E-state index is 14.0. The molecule has 0 aliphatic rings. The minimum absolute atomic E-state index is 0.244. The van der Waals surface area contributed by atoms with Gasteiger partial charge >= 0.3 is 0 Å². The Bertz CT molecular complexity index is 1990. The highest BCUT2D eigenvalue weighted by Gasteiger charge is 2.24. The van der Waals surface area contributed by atoms with E-state index in [2.05, 4.69) is 27.4 Å². The Hall–Kier alpha value is -5.01. The van der Waals surface area contributed by atoms with Crippen molar-refractivity contribution in [2.24, 2.45) is 7.05 Å². The number of aromatic nitrogens is 6. The number of rotatable bonds is 4. The Morgan fingerprint density at radius 1 is 1.10 bits per heavy atom. The van der Waals surface area contributed by atoms with Crippen LogP contribution in [-0.2, 0) is 7.05 Å². The lowest BCUT2D eigenvalue weighted by atomic mass is 10.1. The van der Waals surface area contributed by atoms with E-state index in [4.69, 9.17) is 4.98 Å². The van der Waals surface area contributed by atoms with Crippen LogP contribution in [0.1, 0.15) is 46.0 Å². The van der Waals surface area contributed by atoms with E-state index in [-0.39, 0.29) is 11.5 Å². The lowest BCUT2D eigenvalue weighted by Gasteiger charge is -2.19. The summed E-state index contributed by atoms with van der Waals surface area (Å²) < 4.78 is 4.91. The maximum atomic E-state index is 14.0. The summed E-state index contributed by atoms with van der Waals surface area (Å²) in [5.41, 5.74) is 3.57. The molecule has 39 heavy (non-hydrogen) atoms. The number of nitrogens with zero attached hydrogens (tertiary/aromatic N) is 6. The van der Waals surface area contributed by atoms with Crippen molar-refractivity contribution in [3.05, 3.63) is 111 Å². The number of fused-ring (bicyclic) bond motifs is 2. The van der Waals surface area contributed by atoms with Crippen molar-refractivity contribution in [1.29, 1.82) is 0 Å². The summed E-state index contributed by atoms with van der Waals surface area (Å²) in [6.45, 7) is 3.62. The molecule has 10 heteroatoms. The molecule has 5 heterocycles. The van der Waals surface area contributed by atoms with Crippen molar-refractivity contribution < 1.29 is 4.79 Å². The molecule has 0 saturated carbocycles. The fraction of sp³-hybridized carbons (Fsp3) is 0.138. The average Bonchev–Trinajstić information content (AvgIpc) is 3.63. The second kappa shape index (κ2) is 9.70. The number of amides is 1. The van der Waals surface area contributed by atoms with Gasteiger partial charge in [0.05, 0.1) is 51.2 Å². The van der Waals surface area contributed by atoms with E-state index >= 15 is 0 Å². The number of nitrogens with one attached hydrogen (secondary N) is 1. The molecule has 1 aromatic carbocycles. The van der Waals surface area contributed by atoms with Gasteiger partial charge in [0.25, 0.3) is 11.5 Å². The summed E-state index contributed by atoms with van der Waals surface area (Å²) in [5.74, 6) is 6.33. The van der Waals surface area contributed by atoms with Crippen molar-refractivity contribution in [2.75, 3.05) is 0 Å². The number of pyridine rings is 1. The summed E-state index contributed by atoms with van der Waals surface area (Å²) >= 11 is 1.35. The van der Waals surface area contributed by atoms with Gasteiger partial charge in [-0.1, -0.05) is 36.1 Å². The molecular weight excluding hydrogens is 510 g/mol. The third-order valence-electron chi connectivity index (χ3n) is 6.37. The molecule has 0 spiro atoms. The van der Waals surface area contributed by atoms with E-state index in [0.29, 0.717) is 44.1 Å². The number of carbonyl (C=O) groups is 1. The zero-order chi connectivity index (χ0) is 27.1. The van der Waals surface area contributed by atoms with Crippen LogP contribution < -0.4 is 10.9 Å². The Kier molecular flexibility index (Phi) is 6.05. The van der Waals surface area contributed by atoms with Crippen molar-refractivity contribution >= 4 is 33.0 Å². The Morgan fingerprint density at radius 3 is 2.67 bits per heavy atom. The first-order chi connectivity index (χ1) is 18.9. The molecule has 0 unspecified atom stereocenters. The Balaban J connectivity index is 1.45. The summed E-state index contributed by atoms with van der Waals surface area (Å²) in [4.78, 5) is 32.9. The van der Waals surface area contributed by atoms with Gasteiger partial charge in [0.15, 0.2) is 0 Å². The normalized spacial score (nSPS) is 11.9. The minimum Gasteiger partial charge on any atom is -0.342 e. The molecule has 192 valence electrons. The second-order valence-corrected chi connectivity index (χ2v) is 9.97. The van der Waals surface area contributed by atoms with Crippen LogP contribution in [0.5, 0.6) is 0 Å². The van der Waals surface area contributed by atoms with Gasteiger partial charge in [0.1, 0.15) is 10.7 Å². The fourth-order valence-corrected chi connectivity index (χ4v) is 5.44. The van der Waals surface area contributed by atoms with Gasteiger partial charge in [-0.05, 0) is 38.1 Å². The van der Waals surface area contributed by atoms with Crippen LogP contribution in [0.2, 0.25) is 0 Å². The lowest BCUT2D eigenvalue weighted by Crippen LogP contribution is -2.33. The topological polar surface area (TPSA) is 99.1 Å². The monoisotopic (exact) mass is 533 g/mol. The Morgan fingerprint density at radius 2 is 1.90 bits per heavy atom. The molecule has 1 amide bonds. The average molecular weight is 534 g/mol. The van der Waals surface area contributed by atoms with Gasteiger partial charge in [0.2, 0.25) is 0 Å². The Labute approximate surface area is 227 Å². The fourth-order valence-electron chi connectivity index (χ4n) is 4.57. The first-order valence-electron chi connectivity index (χ1n) is 12.3. The van der Waals surface area contributed by atoms with Gasteiger partial charge in [-0.2, -0.15) is 10.2 Å².